The number of halogens is 1. The van der Waals surface area contributed by atoms with Gasteiger partial charge in [0.25, 0.3) is 0 Å². The molecule has 0 aliphatic rings. The van der Waals surface area contributed by atoms with Gasteiger partial charge < -0.3 is 5.73 Å². The highest BCUT2D eigenvalue weighted by Crippen LogP contribution is 2.30. The third kappa shape index (κ3) is 3.56. The van der Waals surface area contributed by atoms with Crippen LogP contribution in [0.4, 0.5) is 0 Å². The molecule has 4 nitrogen and oxygen atoms in total. The van der Waals surface area contributed by atoms with E-state index in [1.54, 1.807) is 11.3 Å². The SMILES string of the molecule is Cc1sc(C(C)NCC(N)=O)nc1-c1ccc(Cl)cc1. The largest absolute Gasteiger partial charge is 0.369 e. The normalized spacial score (nSPS) is 12.3. The summed E-state index contributed by atoms with van der Waals surface area (Å²) in [5.74, 6) is -0.372. The summed E-state index contributed by atoms with van der Waals surface area (Å²) in [6.45, 7) is 4.15. The van der Waals surface area contributed by atoms with E-state index in [0.29, 0.717) is 5.02 Å². The van der Waals surface area contributed by atoms with Crippen LogP contribution in [0.15, 0.2) is 24.3 Å². The van der Waals surface area contributed by atoms with Crippen molar-refractivity contribution in [3.05, 3.63) is 39.2 Å². The fourth-order valence-electron chi connectivity index (χ4n) is 1.82. The van der Waals surface area contributed by atoms with Crippen LogP contribution in [0.1, 0.15) is 22.9 Å². The monoisotopic (exact) mass is 309 g/mol. The number of nitrogens with zero attached hydrogens (tertiary/aromatic N) is 1. The predicted molar refractivity (Wildman–Crippen MR) is 82.9 cm³/mol. The van der Waals surface area contributed by atoms with Gasteiger partial charge in [-0.2, -0.15) is 0 Å². The van der Waals surface area contributed by atoms with Gasteiger partial charge in [0.15, 0.2) is 0 Å². The maximum Gasteiger partial charge on any atom is 0.231 e. The second-order valence-electron chi connectivity index (χ2n) is 4.53. The molecule has 6 heteroatoms. The van der Waals surface area contributed by atoms with E-state index in [2.05, 4.69) is 10.3 Å². The van der Waals surface area contributed by atoms with E-state index in [4.69, 9.17) is 17.3 Å². The molecule has 1 unspecified atom stereocenters. The molecule has 0 saturated heterocycles. The number of hydrogen-bond donors (Lipinski definition) is 2. The van der Waals surface area contributed by atoms with Gasteiger partial charge in [0.1, 0.15) is 5.01 Å². The molecule has 106 valence electrons. The fourth-order valence-corrected chi connectivity index (χ4v) is 2.92. The number of aryl methyl sites for hydroxylation is 1. The number of amides is 1. The standard InChI is InChI=1S/C14H16ClN3OS/c1-8(17-7-12(16)19)14-18-13(9(2)20-14)10-3-5-11(15)6-4-10/h3-6,8,17H,7H2,1-2H3,(H2,16,19). The van der Waals surface area contributed by atoms with Gasteiger partial charge in [-0.1, -0.05) is 23.7 Å². The van der Waals surface area contributed by atoms with E-state index in [1.807, 2.05) is 38.1 Å². The van der Waals surface area contributed by atoms with Crippen molar-refractivity contribution in [3.63, 3.8) is 0 Å². The number of nitrogens with two attached hydrogens (primary N) is 1. The number of carbonyl (C=O) groups is 1. The Labute approximate surface area is 127 Å². The van der Waals surface area contributed by atoms with Crippen LogP contribution < -0.4 is 11.1 Å². The van der Waals surface area contributed by atoms with Crippen LogP contribution in [0.5, 0.6) is 0 Å². The quantitative estimate of drug-likeness (QED) is 0.892. The number of nitrogens with one attached hydrogen (secondary N) is 1. The van der Waals surface area contributed by atoms with Crippen LogP contribution in [-0.2, 0) is 4.79 Å². The van der Waals surface area contributed by atoms with E-state index >= 15 is 0 Å². The summed E-state index contributed by atoms with van der Waals surface area (Å²) in [4.78, 5) is 16.6. The van der Waals surface area contributed by atoms with Crippen molar-refractivity contribution in [2.45, 2.75) is 19.9 Å². The van der Waals surface area contributed by atoms with E-state index in [0.717, 1.165) is 21.1 Å². The minimum Gasteiger partial charge on any atom is -0.369 e. The van der Waals surface area contributed by atoms with Gasteiger partial charge in [-0.15, -0.1) is 11.3 Å². The maximum absolute atomic E-state index is 10.8. The van der Waals surface area contributed by atoms with Crippen LogP contribution in [0.2, 0.25) is 5.02 Å². The fraction of sp³-hybridized carbons (Fsp3) is 0.286. The maximum atomic E-state index is 10.8. The minimum absolute atomic E-state index is 0.00718. The Morgan fingerprint density at radius 2 is 2.10 bits per heavy atom. The van der Waals surface area contributed by atoms with Gasteiger partial charge in [-0.3, -0.25) is 10.1 Å². The van der Waals surface area contributed by atoms with Gasteiger partial charge in [-0.05, 0) is 26.0 Å². The van der Waals surface area contributed by atoms with Crippen molar-refractivity contribution in [1.82, 2.24) is 10.3 Å². The predicted octanol–water partition coefficient (Wildman–Crippen LogP) is 2.91. The molecule has 1 aromatic carbocycles. The van der Waals surface area contributed by atoms with Crippen molar-refractivity contribution in [2.75, 3.05) is 6.54 Å². The van der Waals surface area contributed by atoms with Crippen molar-refractivity contribution in [3.8, 4) is 11.3 Å². The van der Waals surface area contributed by atoms with E-state index in [9.17, 15) is 4.79 Å². The molecule has 0 fully saturated rings. The zero-order chi connectivity index (χ0) is 14.7. The van der Waals surface area contributed by atoms with Gasteiger partial charge in [0.2, 0.25) is 5.91 Å². The Hall–Kier alpha value is -1.43. The van der Waals surface area contributed by atoms with Crippen LogP contribution in [0.25, 0.3) is 11.3 Å². The van der Waals surface area contributed by atoms with Gasteiger partial charge in [0, 0.05) is 15.5 Å². The molecule has 0 saturated carbocycles. The highest BCUT2D eigenvalue weighted by atomic mass is 35.5. The zero-order valence-corrected chi connectivity index (χ0v) is 12.9. The molecule has 3 N–H and O–H groups in total. The third-order valence-corrected chi connectivity index (χ3v) is 4.29. The smallest absolute Gasteiger partial charge is 0.231 e. The number of benzene rings is 1. The summed E-state index contributed by atoms with van der Waals surface area (Å²) in [7, 11) is 0. The van der Waals surface area contributed by atoms with Gasteiger partial charge in [-0.25, -0.2) is 4.98 Å². The molecule has 20 heavy (non-hydrogen) atoms. The van der Waals surface area contributed by atoms with Crippen LogP contribution in [-0.4, -0.2) is 17.4 Å². The average Bonchev–Trinajstić information content (AvgIpc) is 2.79. The summed E-state index contributed by atoms with van der Waals surface area (Å²) in [5, 5.41) is 4.70. The van der Waals surface area contributed by atoms with Crippen LogP contribution in [0.3, 0.4) is 0 Å². The van der Waals surface area contributed by atoms with Crippen molar-refractivity contribution in [1.29, 1.82) is 0 Å². The van der Waals surface area contributed by atoms with Gasteiger partial charge in [0.05, 0.1) is 18.3 Å². The minimum atomic E-state index is -0.372. The summed E-state index contributed by atoms with van der Waals surface area (Å²) < 4.78 is 0. The van der Waals surface area contributed by atoms with Crippen LogP contribution >= 0.6 is 22.9 Å². The molecule has 1 heterocycles. The summed E-state index contributed by atoms with van der Waals surface area (Å²) in [6.07, 6.45) is 0. The molecule has 0 aliphatic carbocycles. The molecule has 1 aromatic heterocycles. The lowest BCUT2D eigenvalue weighted by atomic mass is 10.1. The highest BCUT2D eigenvalue weighted by Gasteiger charge is 2.15. The molecule has 1 amide bonds. The number of carbonyl (C=O) groups excluding carboxylic acids is 1. The van der Waals surface area contributed by atoms with E-state index in [1.165, 1.54) is 0 Å². The van der Waals surface area contributed by atoms with Crippen molar-refractivity contribution >= 4 is 28.8 Å². The molecule has 2 aromatic rings. The highest BCUT2D eigenvalue weighted by molar-refractivity contribution is 7.12. The molecule has 0 spiro atoms. The lowest BCUT2D eigenvalue weighted by molar-refractivity contribution is -0.117. The second-order valence-corrected chi connectivity index (χ2v) is 6.20. The first-order valence-electron chi connectivity index (χ1n) is 6.22. The zero-order valence-electron chi connectivity index (χ0n) is 11.3. The first-order chi connectivity index (χ1) is 9.47. The number of primary amides is 1. The molecule has 0 bridgehead atoms. The van der Waals surface area contributed by atoms with Gasteiger partial charge >= 0.3 is 0 Å². The molecule has 0 aliphatic heterocycles. The van der Waals surface area contributed by atoms with Crippen molar-refractivity contribution in [2.24, 2.45) is 5.73 Å². The molecule has 1 atom stereocenters. The van der Waals surface area contributed by atoms with Crippen molar-refractivity contribution < 1.29 is 4.79 Å². The third-order valence-electron chi connectivity index (χ3n) is 2.88. The number of hydrogen-bond acceptors (Lipinski definition) is 4. The summed E-state index contributed by atoms with van der Waals surface area (Å²) in [5.41, 5.74) is 7.12. The van der Waals surface area contributed by atoms with E-state index in [-0.39, 0.29) is 18.5 Å². The molecule has 0 radical (unpaired) electrons. The Bertz CT molecular complexity index is 609. The second kappa shape index (κ2) is 6.35. The Balaban J connectivity index is 2.20. The average molecular weight is 310 g/mol. The molecular weight excluding hydrogens is 294 g/mol. The summed E-state index contributed by atoms with van der Waals surface area (Å²) in [6, 6.07) is 7.60. The Kier molecular flexibility index (Phi) is 4.75. The number of aromatic nitrogens is 1. The first-order valence-corrected chi connectivity index (χ1v) is 7.41. The lowest BCUT2D eigenvalue weighted by Crippen LogP contribution is -2.30. The lowest BCUT2D eigenvalue weighted by Gasteiger charge is -2.08. The first kappa shape index (κ1) is 15.0. The molecule has 2 rings (SSSR count). The van der Waals surface area contributed by atoms with Crippen LogP contribution in [0, 0.1) is 6.92 Å². The Morgan fingerprint density at radius 1 is 1.45 bits per heavy atom. The van der Waals surface area contributed by atoms with E-state index < -0.39 is 0 Å². The topological polar surface area (TPSA) is 68.0 Å². The number of thiazole rings is 1. The number of rotatable bonds is 5. The Morgan fingerprint density at radius 3 is 2.70 bits per heavy atom. The molecular formula is C14H16ClN3OS. The summed E-state index contributed by atoms with van der Waals surface area (Å²) >= 11 is 7.51.